The first kappa shape index (κ1) is 13.3. The molecule has 0 saturated heterocycles. The molecule has 1 aromatic heterocycles. The van der Waals surface area contributed by atoms with Gasteiger partial charge in [-0.25, -0.2) is 4.98 Å². The molecule has 2 aromatic rings. The van der Waals surface area contributed by atoms with Crippen molar-refractivity contribution in [2.45, 2.75) is 12.8 Å². The number of nitrogens with two attached hydrogens (primary N) is 1. The number of rotatable bonds is 4. The average molecular weight is 307 g/mol. The number of thiazole rings is 1. The molecule has 5 nitrogen and oxygen atoms in total. The fourth-order valence-corrected chi connectivity index (χ4v) is 3.20. The van der Waals surface area contributed by atoms with Crippen LogP contribution in [0.15, 0.2) is 18.2 Å². The van der Waals surface area contributed by atoms with E-state index in [0.29, 0.717) is 18.0 Å². The predicted molar refractivity (Wildman–Crippen MR) is 83.3 cm³/mol. The van der Waals surface area contributed by atoms with Crippen LogP contribution >= 0.6 is 23.6 Å². The number of aromatic nitrogens is 1. The number of thiocarbonyl (C=S) groups is 1. The molecule has 0 aliphatic heterocycles. The van der Waals surface area contributed by atoms with Crippen molar-refractivity contribution in [2.24, 2.45) is 11.1 Å². The molecule has 0 bridgehead atoms. The van der Waals surface area contributed by atoms with Gasteiger partial charge < -0.3 is 15.8 Å². The van der Waals surface area contributed by atoms with Crippen molar-refractivity contribution in [1.29, 1.82) is 0 Å². The maximum Gasteiger partial charge on any atom is 0.239 e. The lowest BCUT2D eigenvalue weighted by atomic mass is 10.1. The molecule has 1 amide bonds. The molecule has 0 radical (unpaired) electrons. The summed E-state index contributed by atoms with van der Waals surface area (Å²) in [5.41, 5.74) is 5.80. The lowest BCUT2D eigenvalue weighted by Gasteiger charge is -2.11. The molecule has 0 atom stereocenters. The zero-order valence-electron chi connectivity index (χ0n) is 10.8. The number of amides is 1. The SMILES string of the molecule is COc1ccc2nc(NC(=O)C3(C(N)=S)CC3)sc2c1. The molecule has 7 heteroatoms. The fourth-order valence-electron chi connectivity index (χ4n) is 2.01. The van der Waals surface area contributed by atoms with E-state index in [1.165, 1.54) is 11.3 Å². The fraction of sp³-hybridized carbons (Fsp3) is 0.308. The van der Waals surface area contributed by atoms with E-state index in [-0.39, 0.29) is 10.9 Å². The van der Waals surface area contributed by atoms with Crippen LogP contribution in [-0.4, -0.2) is 23.0 Å². The summed E-state index contributed by atoms with van der Waals surface area (Å²) in [4.78, 5) is 16.8. The number of nitrogens with zero attached hydrogens (tertiary/aromatic N) is 1. The number of methoxy groups -OCH3 is 1. The molecule has 1 heterocycles. The topological polar surface area (TPSA) is 77.2 Å². The number of benzene rings is 1. The minimum Gasteiger partial charge on any atom is -0.497 e. The Labute approximate surface area is 125 Å². The predicted octanol–water partition coefficient (Wildman–Crippen LogP) is 2.31. The molecular weight excluding hydrogens is 294 g/mol. The molecule has 1 aromatic carbocycles. The van der Waals surface area contributed by atoms with Gasteiger partial charge in [-0.3, -0.25) is 4.79 Å². The number of carbonyl (C=O) groups is 1. The van der Waals surface area contributed by atoms with Crippen molar-refractivity contribution in [3.05, 3.63) is 18.2 Å². The van der Waals surface area contributed by atoms with Crippen LogP contribution in [0.3, 0.4) is 0 Å². The minimum atomic E-state index is -0.662. The van der Waals surface area contributed by atoms with Gasteiger partial charge in [-0.1, -0.05) is 23.6 Å². The third-order valence-corrected chi connectivity index (χ3v) is 4.80. The zero-order valence-corrected chi connectivity index (χ0v) is 12.4. The third-order valence-electron chi connectivity index (χ3n) is 3.47. The highest BCUT2D eigenvalue weighted by Gasteiger charge is 2.52. The van der Waals surface area contributed by atoms with E-state index in [1.807, 2.05) is 18.2 Å². The summed E-state index contributed by atoms with van der Waals surface area (Å²) in [6.07, 6.45) is 1.43. The Morgan fingerprint density at radius 2 is 2.30 bits per heavy atom. The van der Waals surface area contributed by atoms with Gasteiger partial charge in [0.2, 0.25) is 5.91 Å². The number of nitrogens with one attached hydrogen (secondary N) is 1. The zero-order chi connectivity index (χ0) is 14.3. The van der Waals surface area contributed by atoms with Crippen LogP contribution in [0.1, 0.15) is 12.8 Å². The van der Waals surface area contributed by atoms with E-state index < -0.39 is 5.41 Å². The van der Waals surface area contributed by atoms with Crippen molar-refractivity contribution in [3.63, 3.8) is 0 Å². The second-order valence-electron chi connectivity index (χ2n) is 4.75. The van der Waals surface area contributed by atoms with Crippen LogP contribution in [0, 0.1) is 5.41 Å². The second-order valence-corrected chi connectivity index (χ2v) is 6.22. The molecule has 3 rings (SSSR count). The first-order valence-electron chi connectivity index (χ1n) is 6.11. The second kappa shape index (κ2) is 4.68. The van der Waals surface area contributed by atoms with E-state index >= 15 is 0 Å². The monoisotopic (exact) mass is 307 g/mol. The lowest BCUT2D eigenvalue weighted by molar-refractivity contribution is -0.118. The van der Waals surface area contributed by atoms with Crippen molar-refractivity contribution in [1.82, 2.24) is 4.98 Å². The summed E-state index contributed by atoms with van der Waals surface area (Å²) in [7, 11) is 1.62. The average Bonchev–Trinajstić information content (AvgIpc) is 3.14. The normalized spacial score (nSPS) is 15.8. The maximum atomic E-state index is 12.2. The Morgan fingerprint density at radius 3 is 2.90 bits per heavy atom. The number of hydrogen-bond acceptors (Lipinski definition) is 5. The Balaban J connectivity index is 1.85. The van der Waals surface area contributed by atoms with Gasteiger partial charge in [0.15, 0.2) is 5.13 Å². The molecule has 1 fully saturated rings. The largest absolute Gasteiger partial charge is 0.497 e. The van der Waals surface area contributed by atoms with E-state index in [1.54, 1.807) is 7.11 Å². The molecule has 104 valence electrons. The molecule has 20 heavy (non-hydrogen) atoms. The van der Waals surface area contributed by atoms with Crippen LogP contribution in [0.5, 0.6) is 5.75 Å². The van der Waals surface area contributed by atoms with Gasteiger partial charge in [-0.15, -0.1) is 0 Å². The molecule has 1 saturated carbocycles. The first-order chi connectivity index (χ1) is 9.55. The van der Waals surface area contributed by atoms with E-state index in [2.05, 4.69) is 10.3 Å². The molecule has 0 spiro atoms. The highest BCUT2D eigenvalue weighted by atomic mass is 32.1. The summed E-state index contributed by atoms with van der Waals surface area (Å²) in [5.74, 6) is 0.608. The van der Waals surface area contributed by atoms with Gasteiger partial charge in [-0.2, -0.15) is 0 Å². The van der Waals surface area contributed by atoms with Gasteiger partial charge in [0.25, 0.3) is 0 Å². The quantitative estimate of drug-likeness (QED) is 0.848. The highest BCUT2D eigenvalue weighted by molar-refractivity contribution is 7.80. The first-order valence-corrected chi connectivity index (χ1v) is 7.33. The lowest BCUT2D eigenvalue weighted by Crippen LogP contribution is -2.34. The summed E-state index contributed by atoms with van der Waals surface area (Å²) >= 11 is 6.37. The number of anilines is 1. The molecule has 3 N–H and O–H groups in total. The summed E-state index contributed by atoms with van der Waals surface area (Å²) in [5, 5.41) is 3.37. The van der Waals surface area contributed by atoms with Gasteiger partial charge in [0.1, 0.15) is 5.75 Å². The maximum absolute atomic E-state index is 12.2. The number of fused-ring (bicyclic) bond motifs is 1. The van der Waals surface area contributed by atoms with Crippen LogP contribution in [0.2, 0.25) is 0 Å². The highest BCUT2D eigenvalue weighted by Crippen LogP contribution is 2.47. The molecule has 1 aliphatic carbocycles. The van der Waals surface area contributed by atoms with Crippen LogP contribution in [0.4, 0.5) is 5.13 Å². The van der Waals surface area contributed by atoms with Crippen molar-refractivity contribution in [3.8, 4) is 5.75 Å². The molecule has 0 unspecified atom stereocenters. The summed E-state index contributed by atoms with van der Waals surface area (Å²) in [6.45, 7) is 0. The Morgan fingerprint density at radius 1 is 1.55 bits per heavy atom. The van der Waals surface area contributed by atoms with E-state index in [0.717, 1.165) is 16.0 Å². The van der Waals surface area contributed by atoms with Gasteiger partial charge >= 0.3 is 0 Å². The van der Waals surface area contributed by atoms with Gasteiger partial charge in [0, 0.05) is 0 Å². The van der Waals surface area contributed by atoms with Crippen LogP contribution in [-0.2, 0) is 4.79 Å². The van der Waals surface area contributed by atoms with Gasteiger partial charge in [0.05, 0.1) is 27.7 Å². The third kappa shape index (κ3) is 2.12. The Hall–Kier alpha value is -1.73. The minimum absolute atomic E-state index is 0.156. The van der Waals surface area contributed by atoms with Crippen molar-refractivity contribution < 1.29 is 9.53 Å². The Bertz CT molecular complexity index is 707. The summed E-state index contributed by atoms with van der Waals surface area (Å²) in [6, 6.07) is 5.59. The number of ether oxygens (including phenoxy) is 1. The smallest absolute Gasteiger partial charge is 0.239 e. The van der Waals surface area contributed by atoms with Crippen molar-refractivity contribution in [2.75, 3.05) is 12.4 Å². The number of hydrogen-bond donors (Lipinski definition) is 2. The molecular formula is C13H13N3O2S2. The van der Waals surface area contributed by atoms with Crippen LogP contribution < -0.4 is 15.8 Å². The van der Waals surface area contributed by atoms with Gasteiger partial charge in [-0.05, 0) is 31.0 Å². The van der Waals surface area contributed by atoms with Crippen LogP contribution in [0.25, 0.3) is 10.2 Å². The molecule has 1 aliphatic rings. The van der Waals surface area contributed by atoms with E-state index in [9.17, 15) is 4.79 Å². The Kier molecular flexibility index (Phi) is 3.10. The van der Waals surface area contributed by atoms with Crippen molar-refractivity contribution >= 4 is 49.8 Å². The number of carbonyl (C=O) groups excluding carboxylic acids is 1. The standard InChI is InChI=1S/C13H13N3O2S2/c1-18-7-2-3-8-9(6-7)20-12(15-8)16-11(17)13(4-5-13)10(14)19/h2-3,6H,4-5H2,1H3,(H2,14,19)(H,15,16,17). The summed E-state index contributed by atoms with van der Waals surface area (Å²) < 4.78 is 6.12. The van der Waals surface area contributed by atoms with E-state index in [4.69, 9.17) is 22.7 Å².